The fourth-order valence-corrected chi connectivity index (χ4v) is 3.22. The Hall–Kier alpha value is -3.06. The van der Waals surface area contributed by atoms with Crippen LogP contribution in [0, 0.1) is 25.2 Å². The monoisotopic (exact) mass is 331 g/mol. The van der Waals surface area contributed by atoms with Crippen molar-refractivity contribution in [3.63, 3.8) is 0 Å². The molecule has 0 atom stereocenters. The summed E-state index contributed by atoms with van der Waals surface area (Å²) in [7, 11) is 0. The fourth-order valence-electron chi connectivity index (χ4n) is 3.22. The predicted octanol–water partition coefficient (Wildman–Crippen LogP) is 4.10. The molecule has 1 aliphatic heterocycles. The SMILES string of the molecule is Cc1cccc(C)c1N/C=C(/C#N)C(=O)N1CCCc2ccccc21. The first-order chi connectivity index (χ1) is 12.1. The van der Waals surface area contributed by atoms with Crippen LogP contribution in [0.3, 0.4) is 0 Å². The van der Waals surface area contributed by atoms with E-state index in [-0.39, 0.29) is 11.5 Å². The minimum Gasteiger partial charge on any atom is -0.360 e. The van der Waals surface area contributed by atoms with Gasteiger partial charge in [0.25, 0.3) is 5.91 Å². The predicted molar refractivity (Wildman–Crippen MR) is 100 cm³/mol. The Balaban J connectivity index is 1.87. The molecule has 25 heavy (non-hydrogen) atoms. The van der Waals surface area contributed by atoms with Gasteiger partial charge in [0, 0.05) is 24.1 Å². The summed E-state index contributed by atoms with van der Waals surface area (Å²) in [6.45, 7) is 4.63. The van der Waals surface area contributed by atoms with Crippen LogP contribution in [-0.2, 0) is 11.2 Å². The van der Waals surface area contributed by atoms with Gasteiger partial charge >= 0.3 is 0 Å². The lowest BCUT2D eigenvalue weighted by atomic mass is 10.0. The number of anilines is 2. The number of nitrogens with zero attached hydrogens (tertiary/aromatic N) is 2. The standard InChI is InChI=1S/C21H21N3O/c1-15-7-5-8-16(2)20(15)23-14-18(13-22)21(25)24-12-6-10-17-9-3-4-11-19(17)24/h3-5,7-9,11,14,23H,6,10,12H2,1-2H3/b18-14-. The van der Waals surface area contributed by atoms with Crippen molar-refractivity contribution in [1.29, 1.82) is 5.26 Å². The molecule has 0 aromatic heterocycles. The van der Waals surface area contributed by atoms with E-state index < -0.39 is 0 Å². The van der Waals surface area contributed by atoms with Crippen molar-refractivity contribution >= 4 is 17.3 Å². The molecule has 1 aliphatic rings. The maximum atomic E-state index is 12.9. The first-order valence-corrected chi connectivity index (χ1v) is 8.44. The van der Waals surface area contributed by atoms with E-state index >= 15 is 0 Å². The fraction of sp³-hybridized carbons (Fsp3) is 0.238. The van der Waals surface area contributed by atoms with Crippen LogP contribution < -0.4 is 10.2 Å². The van der Waals surface area contributed by atoms with Crippen LogP contribution in [0.4, 0.5) is 11.4 Å². The molecule has 3 rings (SSSR count). The normalized spacial score (nSPS) is 13.8. The number of carbonyl (C=O) groups excluding carboxylic acids is 1. The molecule has 2 aromatic rings. The van der Waals surface area contributed by atoms with Crippen LogP contribution in [0.2, 0.25) is 0 Å². The first kappa shape index (κ1) is 16.8. The summed E-state index contributed by atoms with van der Waals surface area (Å²) >= 11 is 0. The van der Waals surface area contributed by atoms with E-state index in [1.807, 2.05) is 62.4 Å². The van der Waals surface area contributed by atoms with Crippen LogP contribution in [0.1, 0.15) is 23.1 Å². The van der Waals surface area contributed by atoms with Gasteiger partial charge in [-0.3, -0.25) is 4.79 Å². The van der Waals surface area contributed by atoms with Gasteiger partial charge in [-0.25, -0.2) is 0 Å². The Labute approximate surface area is 148 Å². The number of para-hydroxylation sites is 2. The van der Waals surface area contributed by atoms with Gasteiger partial charge in [0.1, 0.15) is 11.6 Å². The Morgan fingerprint density at radius 2 is 1.88 bits per heavy atom. The highest BCUT2D eigenvalue weighted by molar-refractivity contribution is 6.09. The van der Waals surface area contributed by atoms with Gasteiger partial charge < -0.3 is 10.2 Å². The second-order valence-electron chi connectivity index (χ2n) is 6.27. The summed E-state index contributed by atoms with van der Waals surface area (Å²) in [5.74, 6) is -0.256. The maximum absolute atomic E-state index is 12.9. The van der Waals surface area contributed by atoms with Gasteiger partial charge in [-0.1, -0.05) is 36.4 Å². The average Bonchev–Trinajstić information content (AvgIpc) is 2.63. The number of rotatable bonds is 3. The first-order valence-electron chi connectivity index (χ1n) is 8.44. The molecule has 0 saturated carbocycles. The molecule has 2 aromatic carbocycles. The molecule has 126 valence electrons. The zero-order valence-corrected chi connectivity index (χ0v) is 14.5. The number of nitriles is 1. The molecular weight excluding hydrogens is 310 g/mol. The Morgan fingerprint density at radius 1 is 1.16 bits per heavy atom. The van der Waals surface area contributed by atoms with Crippen molar-refractivity contribution in [3.05, 3.63) is 70.9 Å². The Bertz CT molecular complexity index is 857. The van der Waals surface area contributed by atoms with Crippen LogP contribution in [0.15, 0.2) is 54.2 Å². The molecular formula is C21H21N3O. The summed E-state index contributed by atoms with van der Waals surface area (Å²) in [4.78, 5) is 14.6. The lowest BCUT2D eigenvalue weighted by Gasteiger charge is -2.29. The van der Waals surface area contributed by atoms with Crippen molar-refractivity contribution in [2.45, 2.75) is 26.7 Å². The van der Waals surface area contributed by atoms with Gasteiger partial charge in [-0.2, -0.15) is 5.26 Å². The molecule has 4 nitrogen and oxygen atoms in total. The maximum Gasteiger partial charge on any atom is 0.270 e. The third kappa shape index (κ3) is 3.41. The number of amides is 1. The number of benzene rings is 2. The summed E-state index contributed by atoms with van der Waals surface area (Å²) in [5.41, 5.74) is 5.25. The van der Waals surface area contributed by atoms with E-state index in [1.54, 1.807) is 4.90 Å². The summed E-state index contributed by atoms with van der Waals surface area (Å²) < 4.78 is 0. The van der Waals surface area contributed by atoms with Crippen molar-refractivity contribution < 1.29 is 4.79 Å². The number of nitrogens with one attached hydrogen (secondary N) is 1. The van der Waals surface area contributed by atoms with Gasteiger partial charge in [-0.05, 0) is 49.4 Å². The van der Waals surface area contributed by atoms with Gasteiger partial charge in [-0.15, -0.1) is 0 Å². The quantitative estimate of drug-likeness (QED) is 0.680. The average molecular weight is 331 g/mol. The smallest absolute Gasteiger partial charge is 0.270 e. The van der Waals surface area contributed by atoms with Crippen molar-refractivity contribution in [2.24, 2.45) is 0 Å². The Morgan fingerprint density at radius 3 is 2.60 bits per heavy atom. The van der Waals surface area contributed by atoms with Crippen LogP contribution in [0.5, 0.6) is 0 Å². The molecule has 4 heteroatoms. The topological polar surface area (TPSA) is 56.1 Å². The number of fused-ring (bicyclic) bond motifs is 1. The van der Waals surface area contributed by atoms with Crippen molar-refractivity contribution in [1.82, 2.24) is 0 Å². The van der Waals surface area contributed by atoms with E-state index in [1.165, 1.54) is 6.20 Å². The molecule has 1 amide bonds. The third-order valence-corrected chi connectivity index (χ3v) is 4.55. The molecule has 0 bridgehead atoms. The molecule has 0 spiro atoms. The second-order valence-corrected chi connectivity index (χ2v) is 6.27. The van der Waals surface area contributed by atoms with Crippen molar-refractivity contribution in [3.8, 4) is 6.07 Å². The molecule has 0 radical (unpaired) electrons. The van der Waals surface area contributed by atoms with Gasteiger partial charge in [0.05, 0.1) is 0 Å². The van der Waals surface area contributed by atoms with E-state index in [0.29, 0.717) is 6.54 Å². The molecule has 0 aliphatic carbocycles. The van der Waals surface area contributed by atoms with Crippen LogP contribution >= 0.6 is 0 Å². The van der Waals surface area contributed by atoms with Crippen LogP contribution in [0.25, 0.3) is 0 Å². The van der Waals surface area contributed by atoms with Gasteiger partial charge in [0.15, 0.2) is 0 Å². The number of aryl methyl sites for hydroxylation is 3. The van der Waals surface area contributed by atoms with E-state index in [9.17, 15) is 10.1 Å². The minimum absolute atomic E-state index is 0.111. The largest absolute Gasteiger partial charge is 0.360 e. The van der Waals surface area contributed by atoms with E-state index in [0.717, 1.165) is 40.9 Å². The summed E-state index contributed by atoms with van der Waals surface area (Å²) in [5, 5.41) is 12.6. The van der Waals surface area contributed by atoms with Crippen LogP contribution in [-0.4, -0.2) is 12.5 Å². The Kier molecular flexibility index (Phi) is 4.85. The highest BCUT2D eigenvalue weighted by Crippen LogP contribution is 2.28. The van der Waals surface area contributed by atoms with Crippen molar-refractivity contribution in [2.75, 3.05) is 16.8 Å². The van der Waals surface area contributed by atoms with E-state index in [2.05, 4.69) is 5.32 Å². The van der Waals surface area contributed by atoms with Gasteiger partial charge in [0.2, 0.25) is 0 Å². The molecule has 0 saturated heterocycles. The zero-order chi connectivity index (χ0) is 17.8. The zero-order valence-electron chi connectivity index (χ0n) is 14.5. The number of carbonyl (C=O) groups is 1. The molecule has 1 N–H and O–H groups in total. The summed E-state index contributed by atoms with van der Waals surface area (Å²) in [6.07, 6.45) is 3.40. The second kappa shape index (κ2) is 7.23. The highest BCUT2D eigenvalue weighted by Gasteiger charge is 2.24. The van der Waals surface area contributed by atoms with E-state index in [4.69, 9.17) is 0 Å². The lowest BCUT2D eigenvalue weighted by Crippen LogP contribution is -2.36. The minimum atomic E-state index is -0.256. The molecule has 0 unspecified atom stereocenters. The summed E-state index contributed by atoms with van der Waals surface area (Å²) in [6, 6.07) is 15.9. The highest BCUT2D eigenvalue weighted by atomic mass is 16.2. The number of hydrogen-bond donors (Lipinski definition) is 1. The third-order valence-electron chi connectivity index (χ3n) is 4.55. The molecule has 0 fully saturated rings. The number of hydrogen-bond acceptors (Lipinski definition) is 3. The lowest BCUT2D eigenvalue weighted by molar-refractivity contribution is -0.114. The molecule has 1 heterocycles.